The van der Waals surface area contributed by atoms with Gasteiger partial charge in [-0.1, -0.05) is 44.9 Å². The Hall–Kier alpha value is -2.57. The predicted octanol–water partition coefficient (Wildman–Crippen LogP) is 3.80. The Kier molecular flexibility index (Phi) is 7.93. The molecule has 5 unspecified atom stereocenters. The molecule has 7 heteroatoms. The lowest BCUT2D eigenvalue weighted by Gasteiger charge is -2.35. The number of nitrogens with one attached hydrogen (secondary N) is 2. The van der Waals surface area contributed by atoms with Crippen LogP contribution in [0.2, 0.25) is 0 Å². The van der Waals surface area contributed by atoms with Crippen LogP contribution in [-0.2, 0) is 14.3 Å². The standard InChI is InChI=1S/C24H35N3O4/c1-16-9-7-13-21(17(16)2)26-22(28)18(3)31-23(29)19-10-8-14-27(15-19)24(30)25-20-11-5-4-6-12-20/h4-6,11-12,16-19,21H,7-10,13-15H2,1-3H3,(H,25,30)(H,26,28). The molecule has 5 atom stereocenters. The zero-order chi connectivity index (χ0) is 22.4. The summed E-state index contributed by atoms with van der Waals surface area (Å²) in [5.41, 5.74) is 0.716. The van der Waals surface area contributed by atoms with E-state index in [1.807, 2.05) is 30.3 Å². The molecular formula is C24H35N3O4. The topological polar surface area (TPSA) is 87.7 Å². The van der Waals surface area contributed by atoms with E-state index in [2.05, 4.69) is 24.5 Å². The van der Waals surface area contributed by atoms with Gasteiger partial charge in [-0.15, -0.1) is 0 Å². The van der Waals surface area contributed by atoms with Gasteiger partial charge in [0.1, 0.15) is 0 Å². The molecule has 3 amide bonds. The van der Waals surface area contributed by atoms with Crippen molar-refractivity contribution in [3.8, 4) is 0 Å². The third kappa shape index (κ3) is 6.21. The molecule has 2 fully saturated rings. The summed E-state index contributed by atoms with van der Waals surface area (Å²) in [5, 5.41) is 5.92. The van der Waals surface area contributed by atoms with E-state index >= 15 is 0 Å². The monoisotopic (exact) mass is 429 g/mol. The van der Waals surface area contributed by atoms with Crippen molar-refractivity contribution in [1.82, 2.24) is 10.2 Å². The maximum Gasteiger partial charge on any atom is 0.321 e. The van der Waals surface area contributed by atoms with E-state index in [4.69, 9.17) is 4.74 Å². The van der Waals surface area contributed by atoms with Crippen LogP contribution in [-0.4, -0.2) is 48.0 Å². The molecule has 1 aromatic rings. The first-order valence-corrected chi connectivity index (χ1v) is 11.5. The van der Waals surface area contributed by atoms with Gasteiger partial charge in [0.15, 0.2) is 6.10 Å². The molecule has 1 saturated heterocycles. The van der Waals surface area contributed by atoms with E-state index in [0.29, 0.717) is 37.0 Å². The molecular weight excluding hydrogens is 394 g/mol. The van der Waals surface area contributed by atoms with Crippen molar-refractivity contribution >= 4 is 23.6 Å². The number of ether oxygens (including phenoxy) is 1. The van der Waals surface area contributed by atoms with Gasteiger partial charge < -0.3 is 20.3 Å². The predicted molar refractivity (Wildman–Crippen MR) is 119 cm³/mol. The number of esters is 1. The van der Waals surface area contributed by atoms with Gasteiger partial charge in [-0.2, -0.15) is 0 Å². The lowest BCUT2D eigenvalue weighted by atomic mass is 9.78. The number of hydrogen-bond acceptors (Lipinski definition) is 4. The minimum absolute atomic E-state index is 0.129. The minimum atomic E-state index is -0.842. The molecule has 2 aliphatic rings. The van der Waals surface area contributed by atoms with Crippen LogP contribution in [0.4, 0.5) is 10.5 Å². The first kappa shape index (κ1) is 23.1. The molecule has 0 bridgehead atoms. The Bertz CT molecular complexity index is 769. The minimum Gasteiger partial charge on any atom is -0.452 e. The number of benzene rings is 1. The van der Waals surface area contributed by atoms with Crippen LogP contribution in [0.15, 0.2) is 30.3 Å². The molecule has 0 aromatic heterocycles. The van der Waals surface area contributed by atoms with E-state index in [1.165, 1.54) is 6.42 Å². The number of hydrogen-bond donors (Lipinski definition) is 2. The molecule has 1 aliphatic carbocycles. The number of piperidine rings is 1. The van der Waals surface area contributed by atoms with Crippen molar-refractivity contribution in [2.24, 2.45) is 17.8 Å². The van der Waals surface area contributed by atoms with Crippen LogP contribution in [0.5, 0.6) is 0 Å². The van der Waals surface area contributed by atoms with Crippen LogP contribution in [0, 0.1) is 17.8 Å². The van der Waals surface area contributed by atoms with Gasteiger partial charge in [0.05, 0.1) is 5.92 Å². The molecule has 1 saturated carbocycles. The Morgan fingerprint density at radius 1 is 1.06 bits per heavy atom. The van der Waals surface area contributed by atoms with E-state index in [0.717, 1.165) is 19.3 Å². The number of rotatable bonds is 5. The molecule has 1 heterocycles. The van der Waals surface area contributed by atoms with Gasteiger partial charge in [-0.3, -0.25) is 9.59 Å². The van der Waals surface area contributed by atoms with Crippen molar-refractivity contribution < 1.29 is 19.1 Å². The average Bonchev–Trinajstić information content (AvgIpc) is 2.77. The summed E-state index contributed by atoms with van der Waals surface area (Å²) < 4.78 is 5.49. The lowest BCUT2D eigenvalue weighted by molar-refractivity contribution is -0.160. The first-order valence-electron chi connectivity index (χ1n) is 11.5. The number of carbonyl (C=O) groups is 3. The van der Waals surface area contributed by atoms with Crippen LogP contribution in [0.25, 0.3) is 0 Å². The highest BCUT2D eigenvalue weighted by molar-refractivity contribution is 5.90. The quantitative estimate of drug-likeness (QED) is 0.697. The fraction of sp³-hybridized carbons (Fsp3) is 0.625. The van der Waals surface area contributed by atoms with Crippen LogP contribution in [0.1, 0.15) is 52.9 Å². The zero-order valence-corrected chi connectivity index (χ0v) is 18.8. The summed E-state index contributed by atoms with van der Waals surface area (Å²) >= 11 is 0. The van der Waals surface area contributed by atoms with Crippen LogP contribution in [0.3, 0.4) is 0 Å². The third-order valence-electron chi connectivity index (χ3n) is 6.76. The van der Waals surface area contributed by atoms with Gasteiger partial charge in [0.25, 0.3) is 5.91 Å². The fourth-order valence-electron chi connectivity index (χ4n) is 4.49. The van der Waals surface area contributed by atoms with E-state index in [-0.39, 0.29) is 18.0 Å². The SMILES string of the molecule is CC(OC(=O)C1CCCN(C(=O)Nc2ccccc2)C1)C(=O)NC1CCCC(C)C1C. The summed E-state index contributed by atoms with van der Waals surface area (Å²) in [6, 6.07) is 9.14. The number of amides is 3. The highest BCUT2D eigenvalue weighted by Crippen LogP contribution is 2.29. The van der Waals surface area contributed by atoms with Crippen molar-refractivity contribution in [3.05, 3.63) is 30.3 Å². The molecule has 0 spiro atoms. The Balaban J connectivity index is 1.48. The second-order valence-electron chi connectivity index (χ2n) is 9.04. The van der Waals surface area contributed by atoms with E-state index < -0.39 is 18.0 Å². The molecule has 31 heavy (non-hydrogen) atoms. The second-order valence-corrected chi connectivity index (χ2v) is 9.04. The summed E-state index contributed by atoms with van der Waals surface area (Å²) in [6.07, 6.45) is 3.79. The summed E-state index contributed by atoms with van der Waals surface area (Å²) in [4.78, 5) is 39.5. The molecule has 1 aromatic carbocycles. The third-order valence-corrected chi connectivity index (χ3v) is 6.76. The van der Waals surface area contributed by atoms with Gasteiger partial charge in [-0.25, -0.2) is 4.79 Å². The normalized spacial score (nSPS) is 27.1. The van der Waals surface area contributed by atoms with Crippen LogP contribution < -0.4 is 10.6 Å². The smallest absolute Gasteiger partial charge is 0.321 e. The van der Waals surface area contributed by atoms with Gasteiger partial charge >= 0.3 is 12.0 Å². The maximum absolute atomic E-state index is 12.7. The molecule has 2 N–H and O–H groups in total. The number of para-hydroxylation sites is 1. The Morgan fingerprint density at radius 2 is 1.81 bits per heavy atom. The van der Waals surface area contributed by atoms with Crippen molar-refractivity contribution in [1.29, 1.82) is 0 Å². The van der Waals surface area contributed by atoms with Gasteiger partial charge in [-0.05, 0) is 50.2 Å². The number of nitrogens with zero attached hydrogens (tertiary/aromatic N) is 1. The van der Waals surface area contributed by atoms with Crippen molar-refractivity contribution in [2.75, 3.05) is 18.4 Å². The molecule has 7 nitrogen and oxygen atoms in total. The number of anilines is 1. The van der Waals surface area contributed by atoms with Crippen molar-refractivity contribution in [2.45, 2.75) is 65.0 Å². The Labute approximate surface area is 184 Å². The lowest BCUT2D eigenvalue weighted by Crippen LogP contribution is -2.49. The highest BCUT2D eigenvalue weighted by Gasteiger charge is 2.33. The summed E-state index contributed by atoms with van der Waals surface area (Å²) in [7, 11) is 0. The molecule has 0 radical (unpaired) electrons. The largest absolute Gasteiger partial charge is 0.452 e. The number of urea groups is 1. The summed E-state index contributed by atoms with van der Waals surface area (Å²) in [6.45, 7) is 6.89. The highest BCUT2D eigenvalue weighted by atomic mass is 16.5. The average molecular weight is 430 g/mol. The van der Waals surface area contributed by atoms with Crippen molar-refractivity contribution in [3.63, 3.8) is 0 Å². The molecule has 1 aliphatic heterocycles. The van der Waals surface area contributed by atoms with Crippen LogP contribution >= 0.6 is 0 Å². The summed E-state index contributed by atoms with van der Waals surface area (Å²) in [5.74, 6) is -0.0827. The van der Waals surface area contributed by atoms with E-state index in [9.17, 15) is 14.4 Å². The number of likely N-dealkylation sites (tertiary alicyclic amines) is 1. The zero-order valence-electron chi connectivity index (χ0n) is 18.8. The van der Waals surface area contributed by atoms with Gasteiger partial charge in [0.2, 0.25) is 0 Å². The molecule has 3 rings (SSSR count). The second kappa shape index (κ2) is 10.6. The Morgan fingerprint density at radius 3 is 2.55 bits per heavy atom. The molecule has 170 valence electrons. The fourth-order valence-corrected chi connectivity index (χ4v) is 4.49. The number of carbonyl (C=O) groups excluding carboxylic acids is 3. The van der Waals surface area contributed by atoms with E-state index in [1.54, 1.807) is 11.8 Å². The maximum atomic E-state index is 12.7. The van der Waals surface area contributed by atoms with Gasteiger partial charge in [0, 0.05) is 24.8 Å². The first-order chi connectivity index (χ1) is 14.8.